The molecule has 1 rings (SSSR count). The summed E-state index contributed by atoms with van der Waals surface area (Å²) in [6.45, 7) is 10.3. The summed E-state index contributed by atoms with van der Waals surface area (Å²) in [5.74, 6) is 0.732. The van der Waals surface area contributed by atoms with Gasteiger partial charge in [-0.3, -0.25) is 0 Å². The molecule has 2 heteroatoms. The van der Waals surface area contributed by atoms with E-state index in [0.29, 0.717) is 17.4 Å². The van der Waals surface area contributed by atoms with Gasteiger partial charge in [0, 0.05) is 5.57 Å². The molecule has 1 aliphatic rings. The maximum atomic E-state index is 12.1. The molecular formula is C17H30O2. The lowest BCUT2D eigenvalue weighted by Gasteiger charge is -2.22. The molecule has 0 aromatic carbocycles. The van der Waals surface area contributed by atoms with Gasteiger partial charge < -0.3 is 4.74 Å². The highest BCUT2D eigenvalue weighted by atomic mass is 16.5. The van der Waals surface area contributed by atoms with Crippen LogP contribution in [0.3, 0.4) is 0 Å². The van der Waals surface area contributed by atoms with Gasteiger partial charge in [-0.2, -0.15) is 0 Å². The highest BCUT2D eigenvalue weighted by Crippen LogP contribution is 2.28. The number of carbonyl (C=O) groups excluding carboxylic acids is 1. The SMILES string of the molecule is C=C(C(=O)OC(C)CC(C)C)C1CCCCCCC1. The second kappa shape index (κ2) is 8.39. The summed E-state index contributed by atoms with van der Waals surface area (Å²) < 4.78 is 5.51. The van der Waals surface area contributed by atoms with Gasteiger partial charge >= 0.3 is 5.97 Å². The largest absolute Gasteiger partial charge is 0.459 e. The van der Waals surface area contributed by atoms with Crippen LogP contribution in [0.25, 0.3) is 0 Å². The predicted octanol–water partition coefficient (Wildman–Crippen LogP) is 4.88. The van der Waals surface area contributed by atoms with E-state index in [4.69, 9.17) is 4.74 Å². The fourth-order valence-corrected chi connectivity index (χ4v) is 2.94. The molecule has 110 valence electrons. The van der Waals surface area contributed by atoms with Gasteiger partial charge in [0.05, 0.1) is 6.10 Å². The molecule has 0 aromatic heterocycles. The van der Waals surface area contributed by atoms with Crippen molar-refractivity contribution in [3.8, 4) is 0 Å². The number of hydrogen-bond donors (Lipinski definition) is 0. The van der Waals surface area contributed by atoms with E-state index in [9.17, 15) is 4.79 Å². The Morgan fingerprint density at radius 3 is 2.16 bits per heavy atom. The lowest BCUT2D eigenvalue weighted by Crippen LogP contribution is -2.22. The average Bonchev–Trinajstić information content (AvgIpc) is 2.26. The van der Waals surface area contributed by atoms with Gasteiger partial charge in [0.2, 0.25) is 0 Å². The standard InChI is InChI=1S/C17H30O2/c1-13(2)12-14(3)19-17(18)15(4)16-10-8-6-5-7-9-11-16/h13-14,16H,4-12H2,1-3H3. The van der Waals surface area contributed by atoms with Crippen LogP contribution in [-0.4, -0.2) is 12.1 Å². The van der Waals surface area contributed by atoms with E-state index >= 15 is 0 Å². The quantitative estimate of drug-likeness (QED) is 0.523. The third-order valence-corrected chi connectivity index (χ3v) is 3.97. The number of rotatable bonds is 5. The van der Waals surface area contributed by atoms with Crippen molar-refractivity contribution in [1.82, 2.24) is 0 Å². The number of carbonyl (C=O) groups is 1. The minimum atomic E-state index is -0.168. The Kier molecular flexibility index (Phi) is 7.19. The lowest BCUT2D eigenvalue weighted by atomic mass is 9.86. The minimum Gasteiger partial charge on any atom is -0.459 e. The molecule has 1 fully saturated rings. The minimum absolute atomic E-state index is 0.00203. The van der Waals surface area contributed by atoms with E-state index in [2.05, 4.69) is 20.4 Å². The average molecular weight is 266 g/mol. The van der Waals surface area contributed by atoms with E-state index in [1.165, 1.54) is 32.1 Å². The van der Waals surface area contributed by atoms with E-state index in [1.807, 2.05) is 6.92 Å². The van der Waals surface area contributed by atoms with Gasteiger partial charge in [-0.25, -0.2) is 4.79 Å². The van der Waals surface area contributed by atoms with Gasteiger partial charge in [-0.1, -0.05) is 52.5 Å². The molecule has 0 spiro atoms. The Balaban J connectivity index is 2.43. The Morgan fingerprint density at radius 2 is 1.63 bits per heavy atom. The molecule has 0 heterocycles. The van der Waals surface area contributed by atoms with Crippen LogP contribution in [-0.2, 0) is 9.53 Å². The maximum absolute atomic E-state index is 12.1. The molecule has 0 amide bonds. The van der Waals surface area contributed by atoms with Crippen LogP contribution >= 0.6 is 0 Å². The summed E-state index contributed by atoms with van der Waals surface area (Å²) in [5.41, 5.74) is 0.706. The van der Waals surface area contributed by atoms with E-state index in [0.717, 1.165) is 19.3 Å². The third-order valence-electron chi connectivity index (χ3n) is 3.97. The van der Waals surface area contributed by atoms with Crippen molar-refractivity contribution in [2.24, 2.45) is 11.8 Å². The fourth-order valence-electron chi connectivity index (χ4n) is 2.94. The Bertz CT molecular complexity index is 286. The van der Waals surface area contributed by atoms with Gasteiger partial charge in [0.25, 0.3) is 0 Å². The van der Waals surface area contributed by atoms with Crippen molar-refractivity contribution in [3.63, 3.8) is 0 Å². The Labute approximate surface area is 118 Å². The van der Waals surface area contributed by atoms with Crippen molar-refractivity contribution >= 4 is 5.97 Å². The normalized spacial score (nSPS) is 19.6. The topological polar surface area (TPSA) is 26.3 Å². The van der Waals surface area contributed by atoms with Gasteiger partial charge in [0.1, 0.15) is 0 Å². The van der Waals surface area contributed by atoms with Crippen molar-refractivity contribution in [3.05, 3.63) is 12.2 Å². The first-order valence-corrected chi connectivity index (χ1v) is 7.90. The molecule has 0 radical (unpaired) electrons. The molecule has 0 saturated heterocycles. The molecule has 0 aliphatic heterocycles. The van der Waals surface area contributed by atoms with Crippen molar-refractivity contribution in [2.75, 3.05) is 0 Å². The summed E-state index contributed by atoms with van der Waals surface area (Å²) in [5, 5.41) is 0. The summed E-state index contributed by atoms with van der Waals surface area (Å²) in [6.07, 6.45) is 9.50. The first kappa shape index (κ1) is 16.3. The van der Waals surface area contributed by atoms with Crippen molar-refractivity contribution < 1.29 is 9.53 Å². The predicted molar refractivity (Wildman–Crippen MR) is 80.0 cm³/mol. The zero-order chi connectivity index (χ0) is 14.3. The van der Waals surface area contributed by atoms with Crippen LogP contribution in [0.4, 0.5) is 0 Å². The van der Waals surface area contributed by atoms with Gasteiger partial charge in [-0.05, 0) is 38.0 Å². The molecule has 0 aromatic rings. The summed E-state index contributed by atoms with van der Waals surface area (Å²) >= 11 is 0. The maximum Gasteiger partial charge on any atom is 0.333 e. The van der Waals surface area contributed by atoms with E-state index < -0.39 is 0 Å². The molecule has 2 nitrogen and oxygen atoms in total. The van der Waals surface area contributed by atoms with Crippen LogP contribution in [0.1, 0.15) is 72.1 Å². The number of hydrogen-bond acceptors (Lipinski definition) is 2. The van der Waals surface area contributed by atoms with Crippen LogP contribution in [0.2, 0.25) is 0 Å². The van der Waals surface area contributed by atoms with E-state index in [-0.39, 0.29) is 12.1 Å². The third kappa shape index (κ3) is 6.26. The summed E-state index contributed by atoms with van der Waals surface area (Å²) in [4.78, 5) is 12.1. The molecule has 1 aliphatic carbocycles. The fraction of sp³-hybridized carbons (Fsp3) is 0.824. The molecule has 1 unspecified atom stereocenters. The number of ether oxygens (including phenoxy) is 1. The highest BCUT2D eigenvalue weighted by Gasteiger charge is 2.22. The summed E-state index contributed by atoms with van der Waals surface area (Å²) in [7, 11) is 0. The lowest BCUT2D eigenvalue weighted by molar-refractivity contribution is -0.144. The van der Waals surface area contributed by atoms with Gasteiger partial charge in [-0.15, -0.1) is 0 Å². The molecule has 1 saturated carbocycles. The number of esters is 1. The second-order valence-electron chi connectivity index (χ2n) is 6.41. The van der Waals surface area contributed by atoms with E-state index in [1.54, 1.807) is 0 Å². The van der Waals surface area contributed by atoms with Crippen LogP contribution in [0.5, 0.6) is 0 Å². The molecule has 0 N–H and O–H groups in total. The first-order valence-electron chi connectivity index (χ1n) is 7.90. The van der Waals surface area contributed by atoms with Gasteiger partial charge in [0.15, 0.2) is 0 Å². The van der Waals surface area contributed by atoms with Crippen LogP contribution in [0, 0.1) is 11.8 Å². The van der Waals surface area contributed by atoms with Crippen LogP contribution < -0.4 is 0 Å². The van der Waals surface area contributed by atoms with Crippen LogP contribution in [0.15, 0.2) is 12.2 Å². The smallest absolute Gasteiger partial charge is 0.333 e. The Hall–Kier alpha value is -0.790. The van der Waals surface area contributed by atoms with Crippen molar-refractivity contribution in [1.29, 1.82) is 0 Å². The molecular weight excluding hydrogens is 236 g/mol. The highest BCUT2D eigenvalue weighted by molar-refractivity contribution is 5.88. The monoisotopic (exact) mass is 266 g/mol. The molecule has 19 heavy (non-hydrogen) atoms. The zero-order valence-electron chi connectivity index (χ0n) is 12.9. The Morgan fingerprint density at radius 1 is 1.11 bits per heavy atom. The molecule has 0 bridgehead atoms. The second-order valence-corrected chi connectivity index (χ2v) is 6.41. The van der Waals surface area contributed by atoms with Crippen molar-refractivity contribution in [2.45, 2.75) is 78.2 Å². The zero-order valence-corrected chi connectivity index (χ0v) is 12.9. The first-order chi connectivity index (χ1) is 9.00. The summed E-state index contributed by atoms with van der Waals surface area (Å²) in [6, 6.07) is 0. The molecule has 1 atom stereocenters.